The van der Waals surface area contributed by atoms with Crippen LogP contribution in [0.25, 0.3) is 44.9 Å². The van der Waals surface area contributed by atoms with Gasteiger partial charge >= 0.3 is 0 Å². The Bertz CT molecular complexity index is 1410. The summed E-state index contributed by atoms with van der Waals surface area (Å²) in [6, 6.07) is 21.9. The number of fused-ring (bicyclic) bond motifs is 1. The monoisotopic (exact) mass is 423 g/mol. The van der Waals surface area contributed by atoms with E-state index in [0.717, 1.165) is 16.3 Å². The summed E-state index contributed by atoms with van der Waals surface area (Å²) in [5.74, 6) is 0.117. The van der Waals surface area contributed by atoms with E-state index in [4.69, 9.17) is 0 Å². The molecule has 0 saturated carbocycles. The lowest BCUT2D eigenvalue weighted by atomic mass is 10.0. The second kappa shape index (κ2) is 7.55. The molecule has 7 nitrogen and oxygen atoms in total. The maximum atomic E-state index is 10.4. The van der Waals surface area contributed by atoms with Crippen molar-refractivity contribution in [2.45, 2.75) is 0 Å². The standard InChI is InChI=1S/C25H17N3O4/c29-15-8-10-19(21(31)12-15)24-26-23(18-7-3-5-14-4-1-2-6-17(14)18)27-25(28-24)20-11-9-16(30)13-22(20)32/h1-13,29-32H. The molecule has 1 aromatic heterocycles. The zero-order valence-electron chi connectivity index (χ0n) is 16.6. The molecule has 0 aliphatic rings. The third-order valence-corrected chi connectivity index (χ3v) is 5.11. The first-order chi connectivity index (χ1) is 15.5. The number of aromatic nitrogens is 3. The summed E-state index contributed by atoms with van der Waals surface area (Å²) in [4.78, 5) is 13.6. The molecule has 0 spiro atoms. The minimum atomic E-state index is -0.194. The van der Waals surface area contributed by atoms with E-state index in [1.54, 1.807) is 0 Å². The third-order valence-electron chi connectivity index (χ3n) is 5.11. The zero-order chi connectivity index (χ0) is 22.2. The summed E-state index contributed by atoms with van der Waals surface area (Å²) in [6.45, 7) is 0. The fourth-order valence-electron chi connectivity index (χ4n) is 3.58. The van der Waals surface area contributed by atoms with Crippen LogP contribution in [0.4, 0.5) is 0 Å². The first-order valence-corrected chi connectivity index (χ1v) is 9.78. The topological polar surface area (TPSA) is 120 Å². The average molecular weight is 423 g/mol. The number of benzene rings is 4. The highest BCUT2D eigenvalue weighted by Crippen LogP contribution is 2.36. The lowest BCUT2D eigenvalue weighted by Crippen LogP contribution is -2.01. The Balaban J connectivity index is 1.80. The number of phenols is 4. The van der Waals surface area contributed by atoms with Gasteiger partial charge in [0.25, 0.3) is 0 Å². The molecule has 7 heteroatoms. The highest BCUT2D eigenvalue weighted by Gasteiger charge is 2.18. The number of aromatic hydroxyl groups is 4. The third kappa shape index (κ3) is 3.41. The van der Waals surface area contributed by atoms with E-state index in [1.165, 1.54) is 36.4 Å². The quantitative estimate of drug-likeness (QED) is 0.327. The minimum absolute atomic E-state index is 0.0917. The summed E-state index contributed by atoms with van der Waals surface area (Å²) in [6.07, 6.45) is 0. The van der Waals surface area contributed by atoms with Crippen LogP contribution >= 0.6 is 0 Å². The van der Waals surface area contributed by atoms with E-state index in [1.807, 2.05) is 42.5 Å². The molecule has 5 aromatic rings. The van der Waals surface area contributed by atoms with E-state index < -0.39 is 0 Å². The normalized spacial score (nSPS) is 11.0. The van der Waals surface area contributed by atoms with Crippen LogP contribution < -0.4 is 0 Å². The second-order valence-electron chi connectivity index (χ2n) is 7.24. The van der Waals surface area contributed by atoms with Gasteiger partial charge in [-0.05, 0) is 35.0 Å². The molecule has 0 amide bonds. The van der Waals surface area contributed by atoms with Crippen LogP contribution in [0.3, 0.4) is 0 Å². The largest absolute Gasteiger partial charge is 0.508 e. The van der Waals surface area contributed by atoms with Crippen molar-refractivity contribution in [2.24, 2.45) is 0 Å². The number of hydrogen-bond acceptors (Lipinski definition) is 7. The Hall–Kier alpha value is -4.65. The molecule has 1 heterocycles. The van der Waals surface area contributed by atoms with Gasteiger partial charge in [-0.3, -0.25) is 0 Å². The fourth-order valence-corrected chi connectivity index (χ4v) is 3.58. The summed E-state index contributed by atoms with van der Waals surface area (Å²) in [7, 11) is 0. The van der Waals surface area contributed by atoms with Crippen molar-refractivity contribution in [2.75, 3.05) is 0 Å². The second-order valence-corrected chi connectivity index (χ2v) is 7.24. The van der Waals surface area contributed by atoms with Gasteiger partial charge < -0.3 is 20.4 Å². The van der Waals surface area contributed by atoms with Gasteiger partial charge in [-0.1, -0.05) is 42.5 Å². The highest BCUT2D eigenvalue weighted by atomic mass is 16.3. The fraction of sp³-hybridized carbons (Fsp3) is 0. The molecule has 0 radical (unpaired) electrons. The maximum Gasteiger partial charge on any atom is 0.167 e. The molecule has 0 unspecified atom stereocenters. The molecule has 0 atom stereocenters. The van der Waals surface area contributed by atoms with Gasteiger partial charge in [0.15, 0.2) is 17.5 Å². The van der Waals surface area contributed by atoms with Gasteiger partial charge in [-0.15, -0.1) is 0 Å². The number of rotatable bonds is 3. The molecule has 0 aliphatic carbocycles. The molecular weight excluding hydrogens is 406 g/mol. The first-order valence-electron chi connectivity index (χ1n) is 9.78. The van der Waals surface area contributed by atoms with Crippen molar-refractivity contribution in [3.05, 3.63) is 78.9 Å². The molecule has 4 N–H and O–H groups in total. The van der Waals surface area contributed by atoms with Crippen molar-refractivity contribution in [1.82, 2.24) is 15.0 Å². The van der Waals surface area contributed by atoms with E-state index in [0.29, 0.717) is 17.0 Å². The molecule has 32 heavy (non-hydrogen) atoms. The van der Waals surface area contributed by atoms with Crippen LogP contribution in [0.5, 0.6) is 23.0 Å². The van der Waals surface area contributed by atoms with Gasteiger partial charge in [0.05, 0.1) is 11.1 Å². The van der Waals surface area contributed by atoms with Crippen LogP contribution in [0.2, 0.25) is 0 Å². The van der Waals surface area contributed by atoms with Crippen molar-refractivity contribution in [3.8, 4) is 57.2 Å². The molecule has 5 rings (SSSR count). The Morgan fingerprint density at radius 1 is 0.469 bits per heavy atom. The van der Waals surface area contributed by atoms with Crippen molar-refractivity contribution in [3.63, 3.8) is 0 Å². The highest BCUT2D eigenvalue weighted by molar-refractivity contribution is 5.95. The lowest BCUT2D eigenvalue weighted by Gasteiger charge is -2.11. The Labute approximate surface area is 182 Å². The molecular formula is C25H17N3O4. The van der Waals surface area contributed by atoms with Gasteiger partial charge in [-0.25, -0.2) is 15.0 Å². The summed E-state index contributed by atoms with van der Waals surface area (Å²) in [5, 5.41) is 42.0. The van der Waals surface area contributed by atoms with E-state index in [9.17, 15) is 20.4 Å². The smallest absolute Gasteiger partial charge is 0.167 e. The SMILES string of the molecule is Oc1ccc(-c2nc(-c3ccc(O)cc3O)nc(-c3cccc4ccccc34)n2)c(O)c1. The van der Waals surface area contributed by atoms with Gasteiger partial charge in [0, 0.05) is 17.7 Å². The Kier molecular flexibility index (Phi) is 4.56. The van der Waals surface area contributed by atoms with Crippen LogP contribution in [-0.4, -0.2) is 35.4 Å². The van der Waals surface area contributed by atoms with E-state index >= 15 is 0 Å². The first kappa shape index (κ1) is 19.3. The Morgan fingerprint density at radius 2 is 0.969 bits per heavy atom. The lowest BCUT2D eigenvalue weighted by molar-refractivity contribution is 0.451. The van der Waals surface area contributed by atoms with Gasteiger partial charge in [-0.2, -0.15) is 0 Å². The van der Waals surface area contributed by atoms with Crippen molar-refractivity contribution in [1.29, 1.82) is 0 Å². The van der Waals surface area contributed by atoms with Gasteiger partial charge in [0.2, 0.25) is 0 Å². The maximum absolute atomic E-state index is 10.4. The zero-order valence-corrected chi connectivity index (χ0v) is 16.6. The van der Waals surface area contributed by atoms with Crippen LogP contribution in [0, 0.1) is 0 Å². The molecule has 0 fully saturated rings. The predicted octanol–water partition coefficient (Wildman–Crippen LogP) is 4.85. The molecule has 0 aliphatic heterocycles. The van der Waals surface area contributed by atoms with Crippen LogP contribution in [0.1, 0.15) is 0 Å². The molecule has 4 aromatic carbocycles. The molecule has 0 saturated heterocycles. The predicted molar refractivity (Wildman–Crippen MR) is 120 cm³/mol. The molecule has 156 valence electrons. The summed E-state index contributed by atoms with van der Waals surface area (Å²) >= 11 is 0. The minimum Gasteiger partial charge on any atom is -0.508 e. The van der Waals surface area contributed by atoms with Crippen LogP contribution in [-0.2, 0) is 0 Å². The van der Waals surface area contributed by atoms with Crippen molar-refractivity contribution < 1.29 is 20.4 Å². The van der Waals surface area contributed by atoms with E-state index in [2.05, 4.69) is 15.0 Å². The number of phenolic OH excluding ortho intramolecular Hbond substituents is 4. The Morgan fingerprint density at radius 3 is 1.53 bits per heavy atom. The van der Waals surface area contributed by atoms with E-state index in [-0.39, 0.29) is 34.6 Å². The van der Waals surface area contributed by atoms with Crippen molar-refractivity contribution >= 4 is 10.8 Å². The van der Waals surface area contributed by atoms with Crippen LogP contribution in [0.15, 0.2) is 78.9 Å². The molecule has 0 bridgehead atoms. The summed E-state index contributed by atoms with van der Waals surface area (Å²) < 4.78 is 0. The average Bonchev–Trinajstić information content (AvgIpc) is 2.78. The van der Waals surface area contributed by atoms with Gasteiger partial charge in [0.1, 0.15) is 23.0 Å². The summed E-state index contributed by atoms with van der Waals surface area (Å²) in [5.41, 5.74) is 1.35. The number of hydrogen-bond donors (Lipinski definition) is 4. The number of nitrogens with zero attached hydrogens (tertiary/aromatic N) is 3.